The number of halogens is 1. The molecule has 0 aliphatic rings. The molecule has 106 valence electrons. The molecule has 1 amide bonds. The van der Waals surface area contributed by atoms with Crippen molar-refractivity contribution in [3.8, 4) is 5.69 Å². The Morgan fingerprint density at radius 3 is 3.00 bits per heavy atom. The zero-order valence-electron chi connectivity index (χ0n) is 11.1. The van der Waals surface area contributed by atoms with Gasteiger partial charge in [-0.2, -0.15) is 5.10 Å². The molecule has 1 heterocycles. The minimum Gasteiger partial charge on any atom is -0.330 e. The van der Waals surface area contributed by atoms with Crippen LogP contribution in [0.2, 0.25) is 5.02 Å². The quantitative estimate of drug-likeness (QED) is 0.881. The van der Waals surface area contributed by atoms with Crippen LogP contribution in [0.4, 0.5) is 5.69 Å². The molecule has 0 spiro atoms. The zero-order valence-corrected chi connectivity index (χ0v) is 11.8. The van der Waals surface area contributed by atoms with Crippen molar-refractivity contribution in [1.82, 2.24) is 14.8 Å². The van der Waals surface area contributed by atoms with E-state index in [0.717, 1.165) is 0 Å². The van der Waals surface area contributed by atoms with Crippen molar-refractivity contribution in [2.75, 3.05) is 11.9 Å². The number of para-hydroxylation sites is 1. The molecule has 1 aromatic heterocycles. The molecule has 7 heteroatoms. The number of amides is 1. The Morgan fingerprint density at radius 1 is 1.55 bits per heavy atom. The number of anilines is 1. The molecule has 0 saturated heterocycles. The molecule has 2 aromatic rings. The van der Waals surface area contributed by atoms with Crippen LogP contribution in [0.3, 0.4) is 0 Å². The first-order valence-electron chi connectivity index (χ1n) is 6.28. The summed E-state index contributed by atoms with van der Waals surface area (Å²) in [5.74, 6) is -0.262. The van der Waals surface area contributed by atoms with Gasteiger partial charge in [0, 0.05) is 5.92 Å². The standard InChI is InChI=1S/C13H16ClN5O/c1-9(5-6-15)13(20)18-11-4-2-3-10(14)12(11)19-8-16-7-17-19/h2-4,7-9H,5-6,15H2,1H3,(H,18,20). The van der Waals surface area contributed by atoms with E-state index in [0.29, 0.717) is 29.4 Å². The first-order valence-corrected chi connectivity index (χ1v) is 6.65. The molecule has 0 bridgehead atoms. The van der Waals surface area contributed by atoms with E-state index in [9.17, 15) is 4.79 Å². The lowest BCUT2D eigenvalue weighted by Gasteiger charge is -2.15. The van der Waals surface area contributed by atoms with Gasteiger partial charge in [-0.3, -0.25) is 4.79 Å². The Bertz CT molecular complexity index is 584. The van der Waals surface area contributed by atoms with E-state index in [2.05, 4.69) is 15.4 Å². The third kappa shape index (κ3) is 3.15. The van der Waals surface area contributed by atoms with Crippen LogP contribution in [0.15, 0.2) is 30.9 Å². The van der Waals surface area contributed by atoms with Crippen LogP contribution < -0.4 is 11.1 Å². The number of hydrogen-bond donors (Lipinski definition) is 2. The second-order valence-electron chi connectivity index (χ2n) is 4.44. The first kappa shape index (κ1) is 14.5. The number of aromatic nitrogens is 3. The molecule has 2 rings (SSSR count). The molecular weight excluding hydrogens is 278 g/mol. The molecule has 20 heavy (non-hydrogen) atoms. The Balaban J connectivity index is 2.29. The van der Waals surface area contributed by atoms with E-state index in [1.54, 1.807) is 18.2 Å². The number of carbonyl (C=O) groups excluding carboxylic acids is 1. The second kappa shape index (κ2) is 6.49. The summed E-state index contributed by atoms with van der Waals surface area (Å²) >= 11 is 6.19. The highest BCUT2D eigenvalue weighted by molar-refractivity contribution is 6.33. The fourth-order valence-corrected chi connectivity index (χ4v) is 2.07. The minimum atomic E-state index is -0.164. The van der Waals surface area contributed by atoms with Gasteiger partial charge in [0.15, 0.2) is 0 Å². The van der Waals surface area contributed by atoms with Crippen molar-refractivity contribution in [3.63, 3.8) is 0 Å². The van der Waals surface area contributed by atoms with Crippen molar-refractivity contribution in [3.05, 3.63) is 35.9 Å². The summed E-state index contributed by atoms with van der Waals surface area (Å²) in [5, 5.41) is 7.39. The van der Waals surface area contributed by atoms with Crippen LogP contribution in [0.25, 0.3) is 5.69 Å². The van der Waals surface area contributed by atoms with E-state index in [1.165, 1.54) is 17.3 Å². The predicted molar refractivity (Wildman–Crippen MR) is 77.8 cm³/mol. The van der Waals surface area contributed by atoms with Gasteiger partial charge in [0.05, 0.1) is 10.7 Å². The van der Waals surface area contributed by atoms with Gasteiger partial charge in [-0.1, -0.05) is 24.6 Å². The van der Waals surface area contributed by atoms with E-state index >= 15 is 0 Å². The molecule has 0 aliphatic heterocycles. The summed E-state index contributed by atoms with van der Waals surface area (Å²) in [5.41, 5.74) is 6.66. The number of nitrogens with two attached hydrogens (primary N) is 1. The Kier molecular flexibility index (Phi) is 4.70. The molecule has 3 N–H and O–H groups in total. The second-order valence-corrected chi connectivity index (χ2v) is 4.85. The zero-order chi connectivity index (χ0) is 14.5. The average molecular weight is 294 g/mol. The highest BCUT2D eigenvalue weighted by Gasteiger charge is 2.16. The maximum Gasteiger partial charge on any atom is 0.227 e. The maximum atomic E-state index is 12.1. The number of carbonyl (C=O) groups is 1. The van der Waals surface area contributed by atoms with Gasteiger partial charge in [0.2, 0.25) is 5.91 Å². The lowest BCUT2D eigenvalue weighted by atomic mass is 10.1. The number of hydrogen-bond acceptors (Lipinski definition) is 4. The summed E-state index contributed by atoms with van der Waals surface area (Å²) in [6, 6.07) is 5.28. The smallest absolute Gasteiger partial charge is 0.227 e. The topological polar surface area (TPSA) is 85.8 Å². The van der Waals surface area contributed by atoms with Crippen molar-refractivity contribution < 1.29 is 4.79 Å². The Morgan fingerprint density at radius 2 is 2.35 bits per heavy atom. The highest BCUT2D eigenvalue weighted by atomic mass is 35.5. The van der Waals surface area contributed by atoms with E-state index in [4.69, 9.17) is 17.3 Å². The fraction of sp³-hybridized carbons (Fsp3) is 0.308. The van der Waals surface area contributed by atoms with Gasteiger partial charge in [-0.05, 0) is 25.1 Å². The summed E-state index contributed by atoms with van der Waals surface area (Å²) in [6.45, 7) is 2.31. The molecule has 1 aromatic carbocycles. The summed E-state index contributed by atoms with van der Waals surface area (Å²) in [4.78, 5) is 16.0. The van der Waals surface area contributed by atoms with E-state index in [1.807, 2.05) is 6.92 Å². The van der Waals surface area contributed by atoms with Crippen LogP contribution in [0.1, 0.15) is 13.3 Å². The largest absolute Gasteiger partial charge is 0.330 e. The average Bonchev–Trinajstić information content (AvgIpc) is 2.92. The third-order valence-corrected chi connectivity index (χ3v) is 3.24. The van der Waals surface area contributed by atoms with Crippen LogP contribution in [-0.2, 0) is 4.79 Å². The van der Waals surface area contributed by atoms with Crippen LogP contribution in [0, 0.1) is 5.92 Å². The van der Waals surface area contributed by atoms with E-state index < -0.39 is 0 Å². The normalized spacial score (nSPS) is 12.2. The molecule has 0 radical (unpaired) electrons. The number of nitrogens with zero attached hydrogens (tertiary/aromatic N) is 3. The van der Waals surface area contributed by atoms with Crippen molar-refractivity contribution in [2.24, 2.45) is 11.7 Å². The Hall–Kier alpha value is -1.92. The summed E-state index contributed by atoms with van der Waals surface area (Å²) < 4.78 is 1.52. The van der Waals surface area contributed by atoms with Gasteiger partial charge >= 0.3 is 0 Å². The number of nitrogens with one attached hydrogen (secondary N) is 1. The minimum absolute atomic E-state index is 0.0981. The van der Waals surface area contributed by atoms with Crippen molar-refractivity contribution in [2.45, 2.75) is 13.3 Å². The summed E-state index contributed by atoms with van der Waals surface area (Å²) in [6.07, 6.45) is 3.57. The van der Waals surface area contributed by atoms with Gasteiger partial charge in [0.1, 0.15) is 18.3 Å². The fourth-order valence-electron chi connectivity index (χ4n) is 1.81. The predicted octanol–water partition coefficient (Wildman–Crippen LogP) is 1.84. The number of benzene rings is 1. The molecule has 0 aliphatic carbocycles. The monoisotopic (exact) mass is 293 g/mol. The van der Waals surface area contributed by atoms with Gasteiger partial charge < -0.3 is 11.1 Å². The van der Waals surface area contributed by atoms with Crippen LogP contribution in [-0.4, -0.2) is 27.2 Å². The molecule has 6 nitrogen and oxygen atoms in total. The SMILES string of the molecule is CC(CCN)C(=O)Nc1cccc(Cl)c1-n1cncn1. The lowest BCUT2D eigenvalue weighted by molar-refractivity contribution is -0.119. The van der Waals surface area contributed by atoms with Gasteiger partial charge in [-0.15, -0.1) is 0 Å². The van der Waals surface area contributed by atoms with E-state index in [-0.39, 0.29) is 11.8 Å². The molecule has 0 fully saturated rings. The number of rotatable bonds is 5. The highest BCUT2D eigenvalue weighted by Crippen LogP contribution is 2.28. The van der Waals surface area contributed by atoms with Crippen LogP contribution >= 0.6 is 11.6 Å². The molecule has 1 unspecified atom stereocenters. The lowest BCUT2D eigenvalue weighted by Crippen LogP contribution is -2.23. The molecule has 1 atom stereocenters. The molecule has 0 saturated carbocycles. The Labute approximate surface area is 121 Å². The van der Waals surface area contributed by atoms with Crippen molar-refractivity contribution in [1.29, 1.82) is 0 Å². The van der Waals surface area contributed by atoms with Crippen molar-refractivity contribution >= 4 is 23.2 Å². The maximum absolute atomic E-state index is 12.1. The third-order valence-electron chi connectivity index (χ3n) is 2.94. The first-order chi connectivity index (χ1) is 9.63. The van der Waals surface area contributed by atoms with Gasteiger partial charge in [-0.25, -0.2) is 9.67 Å². The molecular formula is C13H16ClN5O. The van der Waals surface area contributed by atoms with Gasteiger partial charge in [0.25, 0.3) is 0 Å². The summed E-state index contributed by atoms with van der Waals surface area (Å²) in [7, 11) is 0. The van der Waals surface area contributed by atoms with Crippen LogP contribution in [0.5, 0.6) is 0 Å².